The zero-order chi connectivity index (χ0) is 18.2. The van der Waals surface area contributed by atoms with Crippen molar-refractivity contribution >= 4 is 23.6 Å². The molecule has 0 saturated carbocycles. The fourth-order valence-corrected chi connectivity index (χ4v) is 2.91. The number of hydrogen-bond acceptors (Lipinski definition) is 4. The number of benzene rings is 2. The second-order valence-corrected chi connectivity index (χ2v) is 6.83. The molecule has 0 radical (unpaired) electrons. The molecule has 2 amide bonds. The van der Waals surface area contributed by atoms with Gasteiger partial charge in [-0.05, 0) is 43.7 Å². The number of aryl methyl sites for hydroxylation is 2. The molecule has 0 fully saturated rings. The lowest BCUT2D eigenvalue weighted by Crippen LogP contribution is -2.31. The van der Waals surface area contributed by atoms with Crippen LogP contribution in [0.5, 0.6) is 5.75 Å². The van der Waals surface area contributed by atoms with Crippen LogP contribution in [-0.4, -0.2) is 30.7 Å². The van der Waals surface area contributed by atoms with E-state index in [-0.39, 0.29) is 18.1 Å². The van der Waals surface area contributed by atoms with Crippen molar-refractivity contribution in [3.63, 3.8) is 0 Å². The summed E-state index contributed by atoms with van der Waals surface area (Å²) >= 11 is 1.68. The second kappa shape index (κ2) is 9.13. The summed E-state index contributed by atoms with van der Waals surface area (Å²) in [6, 6.07) is 13.3. The Labute approximate surface area is 151 Å². The molecule has 0 spiro atoms. The molecule has 0 saturated heterocycles. The third-order valence-corrected chi connectivity index (χ3v) is 4.49. The first-order valence-corrected chi connectivity index (χ1v) is 8.93. The predicted octanol–water partition coefficient (Wildman–Crippen LogP) is 2.69. The summed E-state index contributed by atoms with van der Waals surface area (Å²) in [5.74, 6) is 0.286. The van der Waals surface area contributed by atoms with Crippen molar-refractivity contribution < 1.29 is 14.3 Å². The van der Waals surface area contributed by atoms with Crippen LogP contribution in [0.1, 0.15) is 21.5 Å². The standard InChI is InChI=1S/C19H22N2O3S/c1-13-3-6-15(7-4-13)25-10-9-21-18(22)12-24-17-11-14(2)5-8-16(17)19(20)23/h3-8,11H,9-10,12H2,1-2H3,(H2,20,23)(H,21,22). The fourth-order valence-electron chi connectivity index (χ4n) is 2.14. The minimum absolute atomic E-state index is 0.154. The van der Waals surface area contributed by atoms with Gasteiger partial charge in [-0.3, -0.25) is 9.59 Å². The quantitative estimate of drug-likeness (QED) is 0.561. The Kier molecular flexibility index (Phi) is 6.89. The van der Waals surface area contributed by atoms with Gasteiger partial charge in [0.1, 0.15) is 5.75 Å². The SMILES string of the molecule is Cc1ccc(SCCNC(=O)COc2cc(C)ccc2C(N)=O)cc1. The minimum Gasteiger partial charge on any atom is -0.483 e. The Morgan fingerprint density at radius 3 is 2.44 bits per heavy atom. The largest absolute Gasteiger partial charge is 0.483 e. The second-order valence-electron chi connectivity index (χ2n) is 5.66. The van der Waals surface area contributed by atoms with E-state index in [1.165, 1.54) is 10.5 Å². The Morgan fingerprint density at radius 2 is 1.76 bits per heavy atom. The summed E-state index contributed by atoms with van der Waals surface area (Å²) in [6.45, 7) is 4.31. The van der Waals surface area contributed by atoms with Crippen molar-refractivity contribution in [3.8, 4) is 5.75 Å². The number of rotatable bonds is 8. The molecule has 2 aromatic carbocycles. The van der Waals surface area contributed by atoms with Crippen LogP contribution in [0, 0.1) is 13.8 Å². The van der Waals surface area contributed by atoms with Crippen LogP contribution < -0.4 is 15.8 Å². The average Bonchev–Trinajstić information content (AvgIpc) is 2.58. The van der Waals surface area contributed by atoms with Crippen molar-refractivity contribution in [1.82, 2.24) is 5.32 Å². The van der Waals surface area contributed by atoms with E-state index in [9.17, 15) is 9.59 Å². The van der Waals surface area contributed by atoms with Gasteiger partial charge < -0.3 is 15.8 Å². The van der Waals surface area contributed by atoms with E-state index in [0.29, 0.717) is 12.3 Å². The normalized spacial score (nSPS) is 10.3. The van der Waals surface area contributed by atoms with E-state index in [1.807, 2.05) is 13.8 Å². The Balaban J connectivity index is 1.75. The molecule has 0 atom stereocenters. The van der Waals surface area contributed by atoms with Gasteiger partial charge in [0.25, 0.3) is 11.8 Å². The van der Waals surface area contributed by atoms with Crippen LogP contribution in [-0.2, 0) is 4.79 Å². The van der Waals surface area contributed by atoms with E-state index in [4.69, 9.17) is 10.5 Å². The number of primary amides is 1. The number of carbonyl (C=O) groups is 2. The summed E-state index contributed by atoms with van der Waals surface area (Å²) in [7, 11) is 0. The van der Waals surface area contributed by atoms with Crippen molar-refractivity contribution in [2.75, 3.05) is 18.9 Å². The van der Waals surface area contributed by atoms with Crippen molar-refractivity contribution in [1.29, 1.82) is 0 Å². The zero-order valence-corrected chi connectivity index (χ0v) is 15.2. The summed E-state index contributed by atoms with van der Waals surface area (Å²) in [5, 5.41) is 2.80. The molecule has 0 heterocycles. The van der Waals surface area contributed by atoms with Crippen LogP contribution in [0.25, 0.3) is 0 Å². The van der Waals surface area contributed by atoms with E-state index < -0.39 is 5.91 Å². The monoisotopic (exact) mass is 358 g/mol. The van der Waals surface area contributed by atoms with Gasteiger partial charge in [0, 0.05) is 17.2 Å². The van der Waals surface area contributed by atoms with Gasteiger partial charge in [-0.1, -0.05) is 23.8 Å². The molecule has 6 heteroatoms. The van der Waals surface area contributed by atoms with Crippen molar-refractivity contribution in [3.05, 3.63) is 59.2 Å². The predicted molar refractivity (Wildman–Crippen MR) is 100 cm³/mol. The molecule has 2 rings (SSSR count). The highest BCUT2D eigenvalue weighted by Gasteiger charge is 2.11. The van der Waals surface area contributed by atoms with Gasteiger partial charge in [0.05, 0.1) is 5.56 Å². The first-order chi connectivity index (χ1) is 12.0. The lowest BCUT2D eigenvalue weighted by Gasteiger charge is -2.11. The van der Waals surface area contributed by atoms with Gasteiger partial charge in [-0.15, -0.1) is 11.8 Å². The molecule has 3 N–H and O–H groups in total. The lowest BCUT2D eigenvalue weighted by atomic mass is 10.1. The van der Waals surface area contributed by atoms with Gasteiger partial charge in [0.2, 0.25) is 0 Å². The number of carbonyl (C=O) groups excluding carboxylic acids is 2. The maximum absolute atomic E-state index is 11.9. The number of amides is 2. The topological polar surface area (TPSA) is 81.4 Å². The Hall–Kier alpha value is -2.47. The van der Waals surface area contributed by atoms with Gasteiger partial charge in [0.15, 0.2) is 6.61 Å². The first-order valence-electron chi connectivity index (χ1n) is 7.95. The molecule has 0 aliphatic carbocycles. The van der Waals surface area contributed by atoms with Gasteiger partial charge in [-0.2, -0.15) is 0 Å². The van der Waals surface area contributed by atoms with Crippen LogP contribution >= 0.6 is 11.8 Å². The van der Waals surface area contributed by atoms with Crippen molar-refractivity contribution in [2.24, 2.45) is 5.73 Å². The van der Waals surface area contributed by atoms with E-state index >= 15 is 0 Å². The van der Waals surface area contributed by atoms with Crippen LogP contribution in [0.3, 0.4) is 0 Å². The third-order valence-electron chi connectivity index (χ3n) is 3.48. The molecule has 0 aliphatic rings. The number of ether oxygens (including phenoxy) is 1. The molecule has 2 aromatic rings. The van der Waals surface area contributed by atoms with E-state index in [0.717, 1.165) is 11.3 Å². The first kappa shape index (κ1) is 18.9. The zero-order valence-electron chi connectivity index (χ0n) is 14.4. The summed E-state index contributed by atoms with van der Waals surface area (Å²) in [5.41, 5.74) is 7.73. The molecule has 0 aliphatic heterocycles. The highest BCUT2D eigenvalue weighted by atomic mass is 32.2. The molecule has 132 valence electrons. The molecule has 5 nitrogen and oxygen atoms in total. The number of hydrogen-bond donors (Lipinski definition) is 2. The smallest absolute Gasteiger partial charge is 0.257 e. The molecule has 0 aromatic heterocycles. The average molecular weight is 358 g/mol. The number of thioether (sulfide) groups is 1. The maximum Gasteiger partial charge on any atom is 0.257 e. The minimum atomic E-state index is -0.579. The van der Waals surface area contributed by atoms with Crippen LogP contribution in [0.2, 0.25) is 0 Å². The summed E-state index contributed by atoms with van der Waals surface area (Å²) in [4.78, 5) is 24.4. The van der Waals surface area contributed by atoms with Crippen LogP contribution in [0.4, 0.5) is 0 Å². The Bertz CT molecular complexity index is 745. The lowest BCUT2D eigenvalue weighted by molar-refractivity contribution is -0.122. The molecular weight excluding hydrogens is 336 g/mol. The maximum atomic E-state index is 11.9. The fraction of sp³-hybridized carbons (Fsp3) is 0.263. The Morgan fingerprint density at radius 1 is 1.08 bits per heavy atom. The van der Waals surface area contributed by atoms with E-state index in [1.54, 1.807) is 30.0 Å². The van der Waals surface area contributed by atoms with Crippen molar-refractivity contribution in [2.45, 2.75) is 18.7 Å². The molecule has 0 unspecified atom stereocenters. The number of nitrogens with two attached hydrogens (primary N) is 1. The number of nitrogens with one attached hydrogen (secondary N) is 1. The van der Waals surface area contributed by atoms with Gasteiger partial charge in [-0.25, -0.2) is 0 Å². The third kappa shape index (κ3) is 6.15. The molecule has 0 bridgehead atoms. The molecular formula is C19H22N2O3S. The molecule has 25 heavy (non-hydrogen) atoms. The summed E-state index contributed by atoms with van der Waals surface area (Å²) < 4.78 is 5.45. The van der Waals surface area contributed by atoms with Gasteiger partial charge >= 0.3 is 0 Å². The highest BCUT2D eigenvalue weighted by Crippen LogP contribution is 2.20. The van der Waals surface area contributed by atoms with Crippen LogP contribution in [0.15, 0.2) is 47.4 Å². The summed E-state index contributed by atoms with van der Waals surface area (Å²) in [6.07, 6.45) is 0. The van der Waals surface area contributed by atoms with E-state index in [2.05, 4.69) is 29.6 Å². The highest BCUT2D eigenvalue weighted by molar-refractivity contribution is 7.99.